The number of carboxylic acids is 1. The van der Waals surface area contributed by atoms with Gasteiger partial charge in [0.2, 0.25) is 0 Å². The van der Waals surface area contributed by atoms with Crippen molar-refractivity contribution in [2.24, 2.45) is 11.8 Å². The first kappa shape index (κ1) is 16.6. The van der Waals surface area contributed by atoms with Crippen molar-refractivity contribution in [3.63, 3.8) is 0 Å². The van der Waals surface area contributed by atoms with Crippen LogP contribution in [0.15, 0.2) is 18.3 Å². The van der Waals surface area contributed by atoms with E-state index in [4.69, 9.17) is 9.84 Å². The van der Waals surface area contributed by atoms with Crippen molar-refractivity contribution < 1.29 is 19.4 Å². The molecule has 122 valence electrons. The largest absolute Gasteiger partial charge is 0.481 e. The summed E-state index contributed by atoms with van der Waals surface area (Å²) in [6, 6.07) is 3.77. The zero-order valence-electron chi connectivity index (χ0n) is 13.5. The summed E-state index contributed by atoms with van der Waals surface area (Å²) in [7, 11) is 0. The third-order valence-corrected chi connectivity index (χ3v) is 4.21. The average molecular weight is 307 g/mol. The summed E-state index contributed by atoms with van der Waals surface area (Å²) >= 11 is 0. The maximum absolute atomic E-state index is 12.6. The molecule has 0 spiro atoms. The molecule has 1 unspecified atom stereocenters. The van der Waals surface area contributed by atoms with Crippen LogP contribution in [0.3, 0.4) is 0 Å². The molecule has 1 aromatic rings. The van der Waals surface area contributed by atoms with E-state index in [9.17, 15) is 9.59 Å². The van der Waals surface area contributed by atoms with Gasteiger partial charge in [0.1, 0.15) is 5.60 Å². The molecule has 1 atom stereocenters. The Hall–Kier alpha value is -1.78. The van der Waals surface area contributed by atoms with E-state index in [0.717, 1.165) is 18.5 Å². The first-order valence-corrected chi connectivity index (χ1v) is 7.87. The Balaban J connectivity index is 2.13. The molecular formula is C17H25NO4. The number of carbonyl (C=O) groups is 2. The number of rotatable bonds is 4. The number of aromatic amines is 1. The number of hydrogen-bond acceptors (Lipinski definition) is 3. The van der Waals surface area contributed by atoms with Crippen molar-refractivity contribution in [3.8, 4) is 0 Å². The topological polar surface area (TPSA) is 79.4 Å². The number of carboxylic acid groups (broad SMARTS) is 1. The van der Waals surface area contributed by atoms with Crippen LogP contribution in [-0.2, 0) is 14.3 Å². The van der Waals surface area contributed by atoms with E-state index in [-0.39, 0.29) is 23.7 Å². The molecule has 2 rings (SSSR count). The molecule has 5 heteroatoms. The van der Waals surface area contributed by atoms with Crippen LogP contribution in [0.4, 0.5) is 0 Å². The molecule has 1 aromatic heterocycles. The van der Waals surface area contributed by atoms with Crippen LogP contribution in [-0.4, -0.2) is 27.6 Å². The Bertz CT molecular complexity index is 507. The van der Waals surface area contributed by atoms with Crippen molar-refractivity contribution in [3.05, 3.63) is 24.0 Å². The highest BCUT2D eigenvalue weighted by atomic mass is 16.6. The van der Waals surface area contributed by atoms with Gasteiger partial charge < -0.3 is 14.8 Å². The van der Waals surface area contributed by atoms with E-state index in [0.29, 0.717) is 12.8 Å². The molecule has 1 fully saturated rings. The smallest absolute Gasteiger partial charge is 0.315 e. The molecule has 1 heterocycles. The Labute approximate surface area is 131 Å². The van der Waals surface area contributed by atoms with Crippen molar-refractivity contribution in [1.82, 2.24) is 4.98 Å². The SMILES string of the molecule is CC(C)(C)OC(=O)C(c1ccc[nH]1)C1CCC(C(=O)O)CC1. The monoisotopic (exact) mass is 307 g/mol. The number of carbonyl (C=O) groups excluding carboxylic acids is 1. The molecule has 0 aromatic carbocycles. The third-order valence-electron chi connectivity index (χ3n) is 4.21. The first-order valence-electron chi connectivity index (χ1n) is 7.87. The zero-order valence-corrected chi connectivity index (χ0v) is 13.5. The number of aliphatic carboxylic acids is 1. The number of aromatic nitrogens is 1. The zero-order chi connectivity index (χ0) is 16.3. The van der Waals surface area contributed by atoms with Gasteiger partial charge in [0, 0.05) is 11.9 Å². The van der Waals surface area contributed by atoms with Crippen molar-refractivity contribution in [1.29, 1.82) is 0 Å². The maximum Gasteiger partial charge on any atom is 0.315 e. The van der Waals surface area contributed by atoms with Crippen molar-refractivity contribution in [2.45, 2.75) is 58.0 Å². The lowest BCUT2D eigenvalue weighted by molar-refractivity contribution is -0.158. The number of H-pyrrole nitrogens is 1. The van der Waals surface area contributed by atoms with Crippen LogP contribution in [0.2, 0.25) is 0 Å². The van der Waals surface area contributed by atoms with Crippen LogP contribution in [0.1, 0.15) is 58.1 Å². The van der Waals surface area contributed by atoms with Crippen LogP contribution in [0, 0.1) is 11.8 Å². The lowest BCUT2D eigenvalue weighted by Crippen LogP contribution is -2.33. The van der Waals surface area contributed by atoms with E-state index in [1.165, 1.54) is 0 Å². The Morgan fingerprint density at radius 1 is 1.27 bits per heavy atom. The van der Waals surface area contributed by atoms with E-state index < -0.39 is 11.6 Å². The summed E-state index contributed by atoms with van der Waals surface area (Å²) in [5.41, 5.74) is 0.327. The van der Waals surface area contributed by atoms with Crippen molar-refractivity contribution in [2.75, 3.05) is 0 Å². The molecular weight excluding hydrogens is 282 g/mol. The van der Waals surface area contributed by atoms with E-state index in [1.54, 1.807) is 6.20 Å². The molecule has 0 amide bonds. The third kappa shape index (κ3) is 4.12. The minimum atomic E-state index is -0.729. The summed E-state index contributed by atoms with van der Waals surface area (Å²) in [5, 5.41) is 9.11. The first-order chi connectivity index (χ1) is 10.3. The normalized spacial score (nSPS) is 23.8. The highest BCUT2D eigenvalue weighted by Gasteiger charge is 2.37. The van der Waals surface area contributed by atoms with Crippen LogP contribution < -0.4 is 0 Å². The van der Waals surface area contributed by atoms with Gasteiger partial charge in [-0.3, -0.25) is 9.59 Å². The summed E-state index contributed by atoms with van der Waals surface area (Å²) in [6.45, 7) is 5.58. The molecule has 0 saturated heterocycles. The summed E-state index contributed by atoms with van der Waals surface area (Å²) in [4.78, 5) is 26.8. The predicted octanol–water partition coefficient (Wildman–Crippen LogP) is 3.33. The quantitative estimate of drug-likeness (QED) is 0.836. The minimum Gasteiger partial charge on any atom is -0.481 e. The summed E-state index contributed by atoms with van der Waals surface area (Å²) < 4.78 is 5.58. The molecule has 1 saturated carbocycles. The van der Waals surface area contributed by atoms with E-state index >= 15 is 0 Å². The van der Waals surface area contributed by atoms with Crippen molar-refractivity contribution >= 4 is 11.9 Å². The molecule has 0 aliphatic heterocycles. The fourth-order valence-corrected chi connectivity index (χ4v) is 3.18. The molecule has 2 N–H and O–H groups in total. The highest BCUT2D eigenvalue weighted by Crippen LogP contribution is 2.39. The summed E-state index contributed by atoms with van der Waals surface area (Å²) in [5.74, 6) is -1.45. The molecule has 1 aliphatic carbocycles. The van der Waals surface area contributed by atoms with E-state index in [1.807, 2.05) is 32.9 Å². The number of ether oxygens (including phenoxy) is 1. The van der Waals surface area contributed by atoms with Gasteiger partial charge in [-0.1, -0.05) is 0 Å². The number of nitrogens with one attached hydrogen (secondary N) is 1. The van der Waals surface area contributed by atoms with Crippen LogP contribution >= 0.6 is 0 Å². The van der Waals surface area contributed by atoms with E-state index in [2.05, 4.69) is 4.98 Å². The fourth-order valence-electron chi connectivity index (χ4n) is 3.18. The lowest BCUT2D eigenvalue weighted by Gasteiger charge is -2.32. The van der Waals surface area contributed by atoms with Gasteiger partial charge in [-0.15, -0.1) is 0 Å². The van der Waals surface area contributed by atoms with Gasteiger partial charge in [-0.25, -0.2) is 0 Å². The molecule has 22 heavy (non-hydrogen) atoms. The average Bonchev–Trinajstić information content (AvgIpc) is 2.91. The van der Waals surface area contributed by atoms with Crippen LogP contribution in [0.25, 0.3) is 0 Å². The van der Waals surface area contributed by atoms with Gasteiger partial charge >= 0.3 is 11.9 Å². The Kier molecular flexibility index (Phi) is 4.94. The van der Waals surface area contributed by atoms with Gasteiger partial charge in [-0.05, 0) is 64.5 Å². The lowest BCUT2D eigenvalue weighted by atomic mass is 9.74. The Morgan fingerprint density at radius 3 is 2.36 bits per heavy atom. The van der Waals surface area contributed by atoms with Gasteiger partial charge in [0.05, 0.1) is 11.8 Å². The maximum atomic E-state index is 12.6. The number of esters is 1. The van der Waals surface area contributed by atoms with Gasteiger partial charge in [0.25, 0.3) is 0 Å². The Morgan fingerprint density at radius 2 is 1.91 bits per heavy atom. The molecule has 0 radical (unpaired) electrons. The second-order valence-electron chi connectivity index (χ2n) is 7.09. The standard InChI is InChI=1S/C17H25NO4/c1-17(2,3)22-16(21)14(13-5-4-10-18-13)11-6-8-12(9-7-11)15(19)20/h4-5,10-12,14,18H,6-9H2,1-3H3,(H,19,20). The fraction of sp³-hybridized carbons (Fsp3) is 0.647. The highest BCUT2D eigenvalue weighted by molar-refractivity contribution is 5.78. The van der Waals surface area contributed by atoms with Crippen LogP contribution in [0.5, 0.6) is 0 Å². The molecule has 5 nitrogen and oxygen atoms in total. The second kappa shape index (κ2) is 6.55. The second-order valence-corrected chi connectivity index (χ2v) is 7.09. The summed E-state index contributed by atoms with van der Waals surface area (Å²) in [6.07, 6.45) is 4.52. The minimum absolute atomic E-state index is 0.129. The van der Waals surface area contributed by atoms with Gasteiger partial charge in [0.15, 0.2) is 0 Å². The van der Waals surface area contributed by atoms with Gasteiger partial charge in [-0.2, -0.15) is 0 Å². The molecule has 1 aliphatic rings. The predicted molar refractivity (Wildman–Crippen MR) is 82.5 cm³/mol. The number of hydrogen-bond donors (Lipinski definition) is 2. The molecule has 0 bridgehead atoms.